The normalized spacial score (nSPS) is 17.3. The van der Waals surface area contributed by atoms with Gasteiger partial charge < -0.3 is 24.0 Å². The first kappa shape index (κ1) is 46.5. The summed E-state index contributed by atoms with van der Waals surface area (Å²) in [5, 5.41) is 0. The van der Waals surface area contributed by atoms with Crippen molar-refractivity contribution in [2.75, 3.05) is 13.2 Å². The van der Waals surface area contributed by atoms with Gasteiger partial charge in [0.2, 0.25) is 0 Å². The van der Waals surface area contributed by atoms with Crippen LogP contribution >= 0.6 is 7.82 Å². The fourth-order valence-corrected chi connectivity index (χ4v) is 5.54. The molecule has 1 heterocycles. The predicted molar refractivity (Wildman–Crippen MR) is 206 cm³/mol. The van der Waals surface area contributed by atoms with Crippen molar-refractivity contribution in [3.05, 3.63) is 72.9 Å². The van der Waals surface area contributed by atoms with E-state index in [-0.39, 0.29) is 19.4 Å². The Bertz CT molecular complexity index is 1120. The molecular weight excluding hydrogens is 667 g/mol. The lowest BCUT2D eigenvalue weighted by molar-refractivity contribution is -0.161. The number of epoxide rings is 1. The highest BCUT2D eigenvalue weighted by atomic mass is 31.2. The molecule has 1 aliphatic rings. The molecule has 2 N–H and O–H groups in total. The van der Waals surface area contributed by atoms with E-state index in [2.05, 4.69) is 79.1 Å². The maximum Gasteiger partial charge on any atom is 0.469 e. The molecule has 1 saturated heterocycles. The van der Waals surface area contributed by atoms with Crippen molar-refractivity contribution in [3.8, 4) is 0 Å². The van der Waals surface area contributed by atoms with Crippen LogP contribution in [0.3, 0.4) is 0 Å². The summed E-state index contributed by atoms with van der Waals surface area (Å²) < 4.78 is 32.1. The molecule has 9 nitrogen and oxygen atoms in total. The van der Waals surface area contributed by atoms with Gasteiger partial charge in [0.15, 0.2) is 6.10 Å². The third-order valence-electron chi connectivity index (χ3n) is 8.13. The van der Waals surface area contributed by atoms with Crippen LogP contribution < -0.4 is 0 Å². The zero-order valence-corrected chi connectivity index (χ0v) is 32.3. The highest BCUT2D eigenvalue weighted by Crippen LogP contribution is 2.36. The second kappa shape index (κ2) is 32.1. The van der Waals surface area contributed by atoms with Crippen molar-refractivity contribution in [1.29, 1.82) is 0 Å². The molecule has 0 aromatic carbocycles. The highest BCUT2D eigenvalue weighted by Gasteiger charge is 2.36. The minimum atomic E-state index is -4.78. The molecule has 0 spiro atoms. The second-order valence-electron chi connectivity index (χ2n) is 12.9. The molecule has 2 unspecified atom stereocenters. The van der Waals surface area contributed by atoms with Crippen LogP contribution in [-0.2, 0) is 32.9 Å². The predicted octanol–water partition coefficient (Wildman–Crippen LogP) is 10.5. The second-order valence-corrected chi connectivity index (χ2v) is 14.1. The van der Waals surface area contributed by atoms with Crippen LogP contribution in [0.1, 0.15) is 142 Å². The van der Waals surface area contributed by atoms with E-state index < -0.39 is 32.5 Å². The Morgan fingerprint density at radius 1 is 0.647 bits per heavy atom. The van der Waals surface area contributed by atoms with Crippen molar-refractivity contribution in [2.45, 2.75) is 161 Å². The van der Waals surface area contributed by atoms with E-state index in [4.69, 9.17) is 24.0 Å². The van der Waals surface area contributed by atoms with Crippen molar-refractivity contribution < 1.29 is 42.7 Å². The number of rotatable bonds is 33. The summed E-state index contributed by atoms with van der Waals surface area (Å²) in [6.45, 7) is 3.45. The van der Waals surface area contributed by atoms with Gasteiger partial charge in [0.1, 0.15) is 6.61 Å². The Morgan fingerprint density at radius 2 is 1.22 bits per heavy atom. The molecule has 0 radical (unpaired) electrons. The average Bonchev–Trinajstić information content (AvgIpc) is 3.85. The molecule has 1 aliphatic heterocycles. The highest BCUT2D eigenvalue weighted by molar-refractivity contribution is 7.46. The lowest BCUT2D eigenvalue weighted by Crippen LogP contribution is -2.29. The van der Waals surface area contributed by atoms with Crippen molar-refractivity contribution in [1.82, 2.24) is 0 Å². The molecule has 0 saturated carbocycles. The van der Waals surface area contributed by atoms with E-state index in [0.29, 0.717) is 31.5 Å². The number of unbranched alkanes of at least 4 members (excludes halogenated alkanes) is 8. The molecule has 51 heavy (non-hydrogen) atoms. The zero-order valence-electron chi connectivity index (χ0n) is 31.4. The van der Waals surface area contributed by atoms with Crippen molar-refractivity contribution in [2.24, 2.45) is 0 Å². The van der Waals surface area contributed by atoms with Crippen LogP contribution in [-0.4, -0.2) is 53.3 Å². The number of esters is 2. The number of allylic oxidation sites excluding steroid dienone is 11. The van der Waals surface area contributed by atoms with Gasteiger partial charge in [-0.3, -0.25) is 14.1 Å². The van der Waals surface area contributed by atoms with Gasteiger partial charge in [-0.15, -0.1) is 0 Å². The average molecular weight is 735 g/mol. The van der Waals surface area contributed by atoms with Crippen LogP contribution in [0.4, 0.5) is 0 Å². The van der Waals surface area contributed by atoms with Crippen LogP contribution in [0.2, 0.25) is 0 Å². The van der Waals surface area contributed by atoms with Gasteiger partial charge >= 0.3 is 19.8 Å². The molecule has 0 bridgehead atoms. The summed E-state index contributed by atoms with van der Waals surface area (Å²) in [4.78, 5) is 42.8. The van der Waals surface area contributed by atoms with E-state index in [1.807, 2.05) is 12.2 Å². The number of hydrogen-bond acceptors (Lipinski definition) is 7. The number of phosphoric ester groups is 1. The lowest BCUT2D eigenvalue weighted by Gasteiger charge is -2.18. The number of ether oxygens (including phenoxy) is 3. The standard InChI is InChI=1S/C41H67O9P/c1-3-5-7-9-11-12-13-14-15-16-17-18-19-20-21-25-30-34-41(43)49-37(36-48-51(44,45)46)35-47-40(42)33-29-26-22-24-28-32-39-38(50-39)31-27-23-10-8-6-4-2/h5,7,11-12,14-15,17-18,20-21,23,27,37-39H,3-4,6,8-10,13,16,19,22,24-26,28-36H2,1-2H3,(H2,44,45,46)/b7-5-,12-11-,15-14-,18-17-,21-20-,27-23-/t37-,38?,39?/m1/s1. The van der Waals surface area contributed by atoms with E-state index >= 15 is 0 Å². The van der Waals surface area contributed by atoms with Crippen molar-refractivity contribution in [3.63, 3.8) is 0 Å². The van der Waals surface area contributed by atoms with Gasteiger partial charge in [0.05, 0.1) is 18.8 Å². The first-order valence-corrected chi connectivity index (χ1v) is 20.9. The Hall–Kier alpha value is -2.55. The number of carbonyl (C=O) groups is 2. The summed E-state index contributed by atoms with van der Waals surface area (Å²) in [5.41, 5.74) is 0. The summed E-state index contributed by atoms with van der Waals surface area (Å²) in [6.07, 6.45) is 43.6. The van der Waals surface area contributed by atoms with Gasteiger partial charge in [-0.1, -0.05) is 125 Å². The topological polar surface area (TPSA) is 132 Å². The number of phosphoric acid groups is 1. The Morgan fingerprint density at radius 3 is 1.86 bits per heavy atom. The molecule has 0 aromatic heterocycles. The number of carbonyl (C=O) groups excluding carboxylic acids is 2. The quantitative estimate of drug-likeness (QED) is 0.0222. The minimum absolute atomic E-state index is 0.123. The van der Waals surface area contributed by atoms with E-state index in [1.165, 1.54) is 19.3 Å². The van der Waals surface area contributed by atoms with Crippen LogP contribution in [0.25, 0.3) is 0 Å². The molecule has 290 valence electrons. The molecule has 0 aromatic rings. The summed E-state index contributed by atoms with van der Waals surface area (Å²) in [6, 6.07) is 0. The fraction of sp³-hybridized carbons (Fsp3) is 0.659. The Kier molecular flexibility index (Phi) is 29.3. The van der Waals surface area contributed by atoms with Gasteiger partial charge in [0.25, 0.3) is 0 Å². The monoisotopic (exact) mass is 734 g/mol. The third-order valence-corrected chi connectivity index (χ3v) is 8.62. The maximum absolute atomic E-state index is 12.4. The lowest BCUT2D eigenvalue weighted by atomic mass is 10.1. The van der Waals surface area contributed by atoms with Gasteiger partial charge in [-0.2, -0.15) is 0 Å². The number of hydrogen-bond donors (Lipinski definition) is 2. The first-order valence-electron chi connectivity index (χ1n) is 19.4. The zero-order chi connectivity index (χ0) is 37.3. The van der Waals surface area contributed by atoms with Crippen LogP contribution in [0.5, 0.6) is 0 Å². The molecule has 1 fully saturated rings. The van der Waals surface area contributed by atoms with Gasteiger partial charge in [-0.05, 0) is 77.0 Å². The summed E-state index contributed by atoms with van der Waals surface area (Å²) >= 11 is 0. The van der Waals surface area contributed by atoms with E-state index in [1.54, 1.807) is 0 Å². The molecule has 0 amide bonds. The van der Waals surface area contributed by atoms with Gasteiger partial charge in [-0.25, -0.2) is 4.57 Å². The molecular formula is C41H67O9P. The molecule has 0 aliphatic carbocycles. The van der Waals surface area contributed by atoms with Gasteiger partial charge in [0, 0.05) is 12.8 Å². The smallest absolute Gasteiger partial charge is 0.462 e. The van der Waals surface area contributed by atoms with E-state index in [0.717, 1.165) is 77.0 Å². The maximum atomic E-state index is 12.4. The Balaban J connectivity index is 2.15. The molecule has 1 rings (SSSR count). The van der Waals surface area contributed by atoms with Crippen LogP contribution in [0, 0.1) is 0 Å². The summed E-state index contributed by atoms with van der Waals surface area (Å²) in [7, 11) is -4.78. The summed E-state index contributed by atoms with van der Waals surface area (Å²) in [5.74, 6) is -0.984. The van der Waals surface area contributed by atoms with Crippen molar-refractivity contribution >= 4 is 19.8 Å². The van der Waals surface area contributed by atoms with E-state index in [9.17, 15) is 14.2 Å². The third kappa shape index (κ3) is 31.9. The molecule has 3 atom stereocenters. The Labute approximate surface area is 308 Å². The fourth-order valence-electron chi connectivity index (χ4n) is 5.18. The SMILES string of the molecule is CC/C=C\C/C=C\C/C=C\C/C=C\C/C=C\CCCC(=O)O[C@H](COC(=O)CCCCCCCC1OC1C/C=C\CCCCC)COP(=O)(O)O. The molecule has 10 heteroatoms. The largest absolute Gasteiger partial charge is 0.469 e. The minimum Gasteiger partial charge on any atom is -0.462 e. The van der Waals surface area contributed by atoms with Crippen LogP contribution in [0.15, 0.2) is 72.9 Å². The first-order chi connectivity index (χ1) is 24.7.